The van der Waals surface area contributed by atoms with Gasteiger partial charge >= 0.3 is 0 Å². The van der Waals surface area contributed by atoms with Crippen LogP contribution in [0, 0.1) is 0 Å². The zero-order valence-electron chi connectivity index (χ0n) is 8.05. The summed E-state index contributed by atoms with van der Waals surface area (Å²) in [5.41, 5.74) is 0. The fraction of sp³-hybridized carbons (Fsp3) is 0.700. The Morgan fingerprint density at radius 2 is 2.46 bits per heavy atom. The van der Waals surface area contributed by atoms with E-state index in [1.807, 2.05) is 17.5 Å². The zero-order valence-corrected chi connectivity index (χ0v) is 8.86. The molecule has 0 radical (unpaired) electrons. The van der Waals surface area contributed by atoms with Gasteiger partial charge in [-0.1, -0.05) is 6.92 Å². The average molecular weight is 196 g/mol. The molecule has 0 amide bonds. The first-order chi connectivity index (χ1) is 6.40. The molecule has 1 aliphatic carbocycles. The summed E-state index contributed by atoms with van der Waals surface area (Å²) < 4.78 is 0. The van der Waals surface area contributed by atoms with Crippen LogP contribution in [0.2, 0.25) is 0 Å². The van der Waals surface area contributed by atoms with E-state index in [0.29, 0.717) is 0 Å². The van der Waals surface area contributed by atoms with Crippen LogP contribution in [-0.2, 0) is 6.54 Å². The Hall–Kier alpha value is -0.410. The van der Waals surface area contributed by atoms with Crippen molar-refractivity contribution in [2.75, 3.05) is 6.54 Å². The van der Waals surface area contributed by atoms with E-state index in [-0.39, 0.29) is 0 Å². The third-order valence-corrected chi connectivity index (χ3v) is 3.38. The van der Waals surface area contributed by atoms with Gasteiger partial charge in [-0.2, -0.15) is 0 Å². The van der Waals surface area contributed by atoms with E-state index in [1.54, 1.807) is 0 Å². The van der Waals surface area contributed by atoms with Crippen molar-refractivity contribution in [1.82, 2.24) is 10.3 Å². The quantitative estimate of drug-likeness (QED) is 0.732. The fourth-order valence-corrected chi connectivity index (χ4v) is 2.37. The molecule has 0 aliphatic heterocycles. The number of aromatic nitrogens is 1. The molecule has 72 valence electrons. The van der Waals surface area contributed by atoms with Gasteiger partial charge in [0.25, 0.3) is 0 Å². The lowest BCUT2D eigenvalue weighted by Gasteiger charge is -1.97. The predicted molar refractivity (Wildman–Crippen MR) is 56.1 cm³/mol. The first-order valence-electron chi connectivity index (χ1n) is 5.05. The summed E-state index contributed by atoms with van der Waals surface area (Å²) in [5.74, 6) is 0.810. The van der Waals surface area contributed by atoms with E-state index in [1.165, 1.54) is 29.1 Å². The number of nitrogens with one attached hydrogen (secondary N) is 1. The van der Waals surface area contributed by atoms with E-state index < -0.39 is 0 Å². The van der Waals surface area contributed by atoms with Gasteiger partial charge in [-0.05, 0) is 25.8 Å². The summed E-state index contributed by atoms with van der Waals surface area (Å²) >= 11 is 1.88. The van der Waals surface area contributed by atoms with Crippen LogP contribution < -0.4 is 5.32 Å². The van der Waals surface area contributed by atoms with Gasteiger partial charge in [-0.25, -0.2) is 4.98 Å². The monoisotopic (exact) mass is 196 g/mol. The smallest absolute Gasteiger partial charge is 0.0959 e. The minimum atomic E-state index is 0.810. The van der Waals surface area contributed by atoms with Crippen LogP contribution in [-0.4, -0.2) is 11.5 Å². The third-order valence-electron chi connectivity index (χ3n) is 2.22. The Kier molecular flexibility index (Phi) is 2.96. The van der Waals surface area contributed by atoms with Crippen molar-refractivity contribution in [2.45, 2.75) is 38.6 Å². The van der Waals surface area contributed by atoms with Crippen LogP contribution in [0.15, 0.2) is 6.20 Å². The van der Waals surface area contributed by atoms with Crippen molar-refractivity contribution >= 4 is 11.3 Å². The molecule has 0 spiro atoms. The van der Waals surface area contributed by atoms with E-state index >= 15 is 0 Å². The molecule has 2 rings (SSSR count). The van der Waals surface area contributed by atoms with Gasteiger partial charge in [0.05, 0.1) is 5.01 Å². The van der Waals surface area contributed by atoms with Crippen molar-refractivity contribution in [3.05, 3.63) is 16.1 Å². The molecule has 0 saturated heterocycles. The maximum Gasteiger partial charge on any atom is 0.0959 e. The van der Waals surface area contributed by atoms with Gasteiger partial charge in [-0.15, -0.1) is 11.3 Å². The second kappa shape index (κ2) is 4.20. The van der Waals surface area contributed by atoms with Crippen molar-refractivity contribution in [3.63, 3.8) is 0 Å². The lowest BCUT2D eigenvalue weighted by Crippen LogP contribution is -2.12. The van der Waals surface area contributed by atoms with Gasteiger partial charge in [0, 0.05) is 23.5 Å². The Bertz CT molecular complexity index is 266. The lowest BCUT2D eigenvalue weighted by molar-refractivity contribution is 0.681. The molecule has 1 aromatic rings. The van der Waals surface area contributed by atoms with Gasteiger partial charge in [0.2, 0.25) is 0 Å². The van der Waals surface area contributed by atoms with Gasteiger partial charge in [0.1, 0.15) is 0 Å². The highest BCUT2D eigenvalue weighted by Gasteiger charge is 2.26. The highest BCUT2D eigenvalue weighted by Crippen LogP contribution is 2.41. The second-order valence-electron chi connectivity index (χ2n) is 3.62. The van der Waals surface area contributed by atoms with Crippen LogP contribution in [0.1, 0.15) is 42.0 Å². The van der Waals surface area contributed by atoms with Crippen LogP contribution >= 0.6 is 11.3 Å². The van der Waals surface area contributed by atoms with Crippen LogP contribution in [0.5, 0.6) is 0 Å². The number of hydrogen-bond donors (Lipinski definition) is 1. The van der Waals surface area contributed by atoms with Crippen molar-refractivity contribution in [2.24, 2.45) is 0 Å². The maximum absolute atomic E-state index is 4.44. The largest absolute Gasteiger partial charge is 0.312 e. The summed E-state index contributed by atoms with van der Waals surface area (Å²) in [4.78, 5) is 5.82. The van der Waals surface area contributed by atoms with Gasteiger partial charge in [0.15, 0.2) is 0 Å². The lowest BCUT2D eigenvalue weighted by atomic mass is 10.4. The Morgan fingerprint density at radius 1 is 1.62 bits per heavy atom. The summed E-state index contributed by atoms with van der Waals surface area (Å²) in [5, 5.41) is 4.75. The van der Waals surface area contributed by atoms with E-state index in [2.05, 4.69) is 17.2 Å². The Balaban J connectivity index is 1.82. The molecule has 0 aromatic carbocycles. The van der Waals surface area contributed by atoms with Crippen LogP contribution in [0.4, 0.5) is 0 Å². The first kappa shape index (κ1) is 9.16. The summed E-state index contributed by atoms with van der Waals surface area (Å²) in [7, 11) is 0. The summed E-state index contributed by atoms with van der Waals surface area (Å²) in [6.45, 7) is 4.30. The molecule has 1 aromatic heterocycles. The summed E-state index contributed by atoms with van der Waals surface area (Å²) in [6.07, 6.45) is 5.94. The van der Waals surface area contributed by atoms with Gasteiger partial charge < -0.3 is 5.32 Å². The fourth-order valence-electron chi connectivity index (χ4n) is 1.31. The highest BCUT2D eigenvalue weighted by molar-refractivity contribution is 7.11. The molecule has 2 nitrogen and oxygen atoms in total. The van der Waals surface area contributed by atoms with E-state index in [9.17, 15) is 0 Å². The maximum atomic E-state index is 4.44. The van der Waals surface area contributed by atoms with E-state index in [0.717, 1.165) is 19.0 Å². The number of rotatable bonds is 5. The molecule has 3 heteroatoms. The first-order valence-corrected chi connectivity index (χ1v) is 5.87. The molecular weight excluding hydrogens is 180 g/mol. The number of nitrogens with zero attached hydrogens (tertiary/aromatic N) is 1. The molecule has 1 fully saturated rings. The minimum absolute atomic E-state index is 0.810. The predicted octanol–water partition coefficient (Wildman–Crippen LogP) is 2.52. The molecule has 1 heterocycles. The average Bonchev–Trinajstić information content (AvgIpc) is 2.88. The number of thiazole rings is 1. The molecule has 1 aliphatic rings. The second-order valence-corrected chi connectivity index (χ2v) is 4.76. The molecule has 0 unspecified atom stereocenters. The molecule has 1 N–H and O–H groups in total. The van der Waals surface area contributed by atoms with Crippen LogP contribution in [0.25, 0.3) is 0 Å². The Morgan fingerprint density at radius 3 is 3.15 bits per heavy atom. The Labute approximate surface area is 83.4 Å². The van der Waals surface area contributed by atoms with E-state index in [4.69, 9.17) is 0 Å². The van der Waals surface area contributed by atoms with Crippen LogP contribution in [0.3, 0.4) is 0 Å². The minimum Gasteiger partial charge on any atom is -0.312 e. The van der Waals surface area contributed by atoms with Crippen molar-refractivity contribution in [1.29, 1.82) is 0 Å². The molecule has 0 bridgehead atoms. The molecule has 0 atom stereocenters. The normalized spacial score (nSPS) is 16.4. The molecular formula is C10H16N2S. The summed E-state index contributed by atoms with van der Waals surface area (Å²) in [6, 6.07) is 0. The highest BCUT2D eigenvalue weighted by atomic mass is 32.1. The molecule has 13 heavy (non-hydrogen) atoms. The number of hydrogen-bond acceptors (Lipinski definition) is 3. The molecule has 1 saturated carbocycles. The topological polar surface area (TPSA) is 24.9 Å². The van der Waals surface area contributed by atoms with Crippen molar-refractivity contribution in [3.8, 4) is 0 Å². The standard InChI is InChI=1S/C10H16N2S/c1-2-5-11-6-9-7-12-10(13-9)8-3-4-8/h7-8,11H,2-6H2,1H3. The van der Waals surface area contributed by atoms with Gasteiger partial charge in [-0.3, -0.25) is 0 Å². The zero-order chi connectivity index (χ0) is 9.10. The SMILES string of the molecule is CCCNCc1cnc(C2CC2)s1. The third kappa shape index (κ3) is 2.51. The van der Waals surface area contributed by atoms with Crippen molar-refractivity contribution < 1.29 is 0 Å².